The normalized spacial score (nSPS) is 18.4. The van der Waals surface area contributed by atoms with Crippen LogP contribution in [0.15, 0.2) is 18.2 Å². The second kappa shape index (κ2) is 6.78. The maximum Gasteiger partial charge on any atom is 0.330 e. The fraction of sp³-hybridized carbons (Fsp3) is 0.429. The number of ether oxygens (including phenoxy) is 1. The van der Waals surface area contributed by atoms with Gasteiger partial charge in [0.15, 0.2) is 0 Å². The zero-order valence-corrected chi connectivity index (χ0v) is 12.5. The van der Waals surface area contributed by atoms with Crippen molar-refractivity contribution in [1.82, 2.24) is 5.32 Å². The van der Waals surface area contributed by atoms with Crippen LogP contribution in [0.5, 0.6) is 0 Å². The van der Waals surface area contributed by atoms with Crippen LogP contribution in [-0.4, -0.2) is 44.2 Å². The monoisotopic (exact) mass is 311 g/mol. The Kier molecular flexibility index (Phi) is 5.03. The van der Waals surface area contributed by atoms with Gasteiger partial charge in [-0.15, -0.1) is 0 Å². The lowest BCUT2D eigenvalue weighted by Gasteiger charge is -2.37. The molecule has 1 aromatic rings. The number of piperazine rings is 1. The molecular weight excluding hydrogens is 294 g/mol. The van der Waals surface area contributed by atoms with Crippen molar-refractivity contribution >= 4 is 29.2 Å². The van der Waals surface area contributed by atoms with Crippen LogP contribution in [0.1, 0.15) is 17.3 Å². The van der Waals surface area contributed by atoms with Gasteiger partial charge in [-0.3, -0.25) is 4.79 Å². The van der Waals surface area contributed by atoms with Gasteiger partial charge in [-0.2, -0.15) is 0 Å². The second-order valence-corrected chi connectivity index (χ2v) is 5.13. The minimum atomic E-state index is -0.575. The lowest BCUT2D eigenvalue weighted by atomic mass is 10.1. The molecule has 0 aliphatic carbocycles. The number of nitrogens with one attached hydrogen (secondary N) is 1. The zero-order chi connectivity index (χ0) is 15.4. The molecule has 1 saturated heterocycles. The molecule has 1 aliphatic rings. The van der Waals surface area contributed by atoms with Crippen molar-refractivity contribution in [2.24, 2.45) is 5.73 Å². The van der Waals surface area contributed by atoms with E-state index in [1.54, 1.807) is 19.1 Å². The molecule has 0 aromatic heterocycles. The van der Waals surface area contributed by atoms with Crippen LogP contribution >= 0.6 is 11.6 Å². The Bertz CT molecular complexity index is 550. The first-order chi connectivity index (χ1) is 10.0. The third-order valence-corrected chi connectivity index (χ3v) is 3.57. The molecule has 1 heterocycles. The number of carbonyl (C=O) groups excluding carboxylic acids is 2. The van der Waals surface area contributed by atoms with Crippen molar-refractivity contribution in [2.45, 2.75) is 13.0 Å². The average Bonchev–Trinajstić information content (AvgIpc) is 2.47. The molecular formula is C14H18ClN3O3. The van der Waals surface area contributed by atoms with Gasteiger partial charge in [0.1, 0.15) is 6.04 Å². The number of hydrogen-bond acceptors (Lipinski definition) is 5. The maximum atomic E-state index is 12.1. The average molecular weight is 312 g/mol. The van der Waals surface area contributed by atoms with Crippen molar-refractivity contribution in [2.75, 3.05) is 31.1 Å². The molecule has 0 saturated carbocycles. The summed E-state index contributed by atoms with van der Waals surface area (Å²) in [5, 5.41) is 3.58. The summed E-state index contributed by atoms with van der Waals surface area (Å²) in [7, 11) is 0. The van der Waals surface area contributed by atoms with Gasteiger partial charge in [-0.25, -0.2) is 4.79 Å². The summed E-state index contributed by atoms with van der Waals surface area (Å²) in [6.07, 6.45) is 0. The van der Waals surface area contributed by atoms with E-state index < -0.39 is 11.9 Å². The number of amides is 1. The molecule has 2 rings (SSSR count). The Morgan fingerprint density at radius 2 is 2.29 bits per heavy atom. The highest BCUT2D eigenvalue weighted by molar-refractivity contribution is 6.31. The summed E-state index contributed by atoms with van der Waals surface area (Å²) in [5.41, 5.74) is 6.32. The van der Waals surface area contributed by atoms with Crippen LogP contribution in [0.25, 0.3) is 0 Å². The Balaban J connectivity index is 2.37. The number of rotatable bonds is 4. The summed E-state index contributed by atoms with van der Waals surface area (Å²) < 4.78 is 5.09. The predicted octanol–water partition coefficient (Wildman–Crippen LogP) is 0.780. The molecule has 1 aliphatic heterocycles. The molecule has 6 nitrogen and oxygen atoms in total. The first-order valence-corrected chi connectivity index (χ1v) is 7.15. The molecule has 0 spiro atoms. The van der Waals surface area contributed by atoms with Gasteiger partial charge in [-0.05, 0) is 25.1 Å². The number of anilines is 1. The molecule has 1 amide bonds. The van der Waals surface area contributed by atoms with E-state index in [2.05, 4.69) is 5.32 Å². The molecule has 0 radical (unpaired) electrons. The Morgan fingerprint density at radius 1 is 1.52 bits per heavy atom. The van der Waals surface area contributed by atoms with E-state index in [9.17, 15) is 9.59 Å². The first-order valence-electron chi connectivity index (χ1n) is 6.78. The Hall–Kier alpha value is -1.79. The molecule has 1 unspecified atom stereocenters. The highest BCUT2D eigenvalue weighted by atomic mass is 35.5. The molecule has 1 atom stereocenters. The Morgan fingerprint density at radius 3 is 2.95 bits per heavy atom. The van der Waals surface area contributed by atoms with E-state index in [0.29, 0.717) is 42.5 Å². The van der Waals surface area contributed by atoms with Gasteiger partial charge < -0.3 is 20.7 Å². The van der Waals surface area contributed by atoms with Crippen molar-refractivity contribution in [3.8, 4) is 0 Å². The maximum absolute atomic E-state index is 12.1. The van der Waals surface area contributed by atoms with Gasteiger partial charge in [-0.1, -0.05) is 11.6 Å². The second-order valence-electron chi connectivity index (χ2n) is 4.69. The van der Waals surface area contributed by atoms with Crippen molar-refractivity contribution < 1.29 is 14.3 Å². The lowest BCUT2D eigenvalue weighted by Crippen LogP contribution is -2.56. The predicted molar refractivity (Wildman–Crippen MR) is 80.6 cm³/mol. The topological polar surface area (TPSA) is 84.7 Å². The number of nitrogens with two attached hydrogens (primary N) is 1. The summed E-state index contributed by atoms with van der Waals surface area (Å²) in [4.78, 5) is 25.5. The molecule has 114 valence electrons. The lowest BCUT2D eigenvalue weighted by molar-refractivity contribution is -0.144. The van der Waals surface area contributed by atoms with E-state index in [0.717, 1.165) is 0 Å². The molecule has 3 N–H and O–H groups in total. The molecule has 1 aromatic carbocycles. The van der Waals surface area contributed by atoms with Gasteiger partial charge in [0.05, 0.1) is 17.9 Å². The number of benzene rings is 1. The van der Waals surface area contributed by atoms with Crippen LogP contribution in [0.3, 0.4) is 0 Å². The first kappa shape index (κ1) is 15.6. The summed E-state index contributed by atoms with van der Waals surface area (Å²) in [6.45, 7) is 3.81. The van der Waals surface area contributed by atoms with Gasteiger partial charge in [0.2, 0.25) is 0 Å². The quantitative estimate of drug-likeness (QED) is 0.803. The summed E-state index contributed by atoms with van der Waals surface area (Å²) >= 11 is 5.92. The molecule has 21 heavy (non-hydrogen) atoms. The summed E-state index contributed by atoms with van der Waals surface area (Å²) in [5.74, 6) is -0.899. The Labute approximate surface area is 128 Å². The van der Waals surface area contributed by atoms with Crippen molar-refractivity contribution in [3.63, 3.8) is 0 Å². The van der Waals surface area contributed by atoms with E-state index >= 15 is 0 Å². The van der Waals surface area contributed by atoms with E-state index in [1.807, 2.05) is 4.90 Å². The SMILES string of the molecule is CCOC(=O)C1CNCCN1c1ccc(Cl)cc1C(N)=O. The number of esters is 1. The number of nitrogens with zero attached hydrogens (tertiary/aromatic N) is 1. The smallest absolute Gasteiger partial charge is 0.330 e. The fourth-order valence-electron chi connectivity index (χ4n) is 2.40. The molecule has 1 fully saturated rings. The highest BCUT2D eigenvalue weighted by Gasteiger charge is 2.31. The van der Waals surface area contributed by atoms with Crippen LogP contribution in [-0.2, 0) is 9.53 Å². The van der Waals surface area contributed by atoms with E-state index in [1.165, 1.54) is 6.07 Å². The van der Waals surface area contributed by atoms with Gasteiger partial charge in [0.25, 0.3) is 5.91 Å². The minimum Gasteiger partial charge on any atom is -0.464 e. The van der Waals surface area contributed by atoms with Gasteiger partial charge >= 0.3 is 5.97 Å². The van der Waals surface area contributed by atoms with Crippen LogP contribution in [0.2, 0.25) is 5.02 Å². The summed E-state index contributed by atoms with van der Waals surface area (Å²) in [6, 6.07) is 4.41. The minimum absolute atomic E-state index is 0.304. The zero-order valence-electron chi connectivity index (χ0n) is 11.8. The molecule has 0 bridgehead atoms. The largest absolute Gasteiger partial charge is 0.464 e. The number of halogens is 1. The fourth-order valence-corrected chi connectivity index (χ4v) is 2.57. The van der Waals surface area contributed by atoms with Crippen LogP contribution < -0.4 is 16.0 Å². The number of carbonyl (C=O) groups is 2. The van der Waals surface area contributed by atoms with Crippen LogP contribution in [0.4, 0.5) is 5.69 Å². The van der Waals surface area contributed by atoms with Crippen molar-refractivity contribution in [1.29, 1.82) is 0 Å². The number of hydrogen-bond donors (Lipinski definition) is 2. The third-order valence-electron chi connectivity index (χ3n) is 3.34. The third kappa shape index (κ3) is 3.46. The highest BCUT2D eigenvalue weighted by Crippen LogP contribution is 2.26. The van der Waals surface area contributed by atoms with E-state index in [-0.39, 0.29) is 5.97 Å². The van der Waals surface area contributed by atoms with Gasteiger partial charge in [0, 0.05) is 24.7 Å². The van der Waals surface area contributed by atoms with Crippen LogP contribution in [0, 0.1) is 0 Å². The number of primary amides is 1. The van der Waals surface area contributed by atoms with E-state index in [4.69, 9.17) is 22.1 Å². The van der Waals surface area contributed by atoms with Crippen molar-refractivity contribution in [3.05, 3.63) is 28.8 Å². The molecule has 7 heteroatoms. The standard InChI is InChI=1S/C14H18ClN3O3/c1-2-21-14(20)12-8-17-5-6-18(12)11-4-3-9(15)7-10(11)13(16)19/h3-4,7,12,17H,2,5-6,8H2,1H3,(H2,16,19).